The minimum atomic E-state index is -1.21. The van der Waals surface area contributed by atoms with E-state index in [1.54, 1.807) is 17.9 Å². The number of carbonyl (C=O) groups excluding carboxylic acids is 1. The first-order valence-electron chi connectivity index (χ1n) is 6.39. The monoisotopic (exact) mass is 281 g/mol. The molecule has 0 bridgehead atoms. The second-order valence-corrected chi connectivity index (χ2v) is 4.28. The van der Waals surface area contributed by atoms with Crippen molar-refractivity contribution in [2.75, 3.05) is 18.4 Å². The average Bonchev–Trinajstić information content (AvgIpc) is 2.45. The molecule has 1 unspecified atom stereocenters. The van der Waals surface area contributed by atoms with Gasteiger partial charge in [0.15, 0.2) is 11.6 Å². The van der Waals surface area contributed by atoms with Gasteiger partial charge in [0.25, 0.3) is 0 Å². The molecule has 0 saturated carbocycles. The molecule has 0 spiro atoms. The molecule has 108 valence electrons. The molecule has 0 aliphatic heterocycles. The summed E-state index contributed by atoms with van der Waals surface area (Å²) in [6.07, 6.45) is 0. The fourth-order valence-corrected chi connectivity index (χ4v) is 1.85. The molecule has 0 fully saturated rings. The lowest BCUT2D eigenvalue weighted by Gasteiger charge is -2.24. The maximum atomic E-state index is 13.7. The fraction of sp³-hybridized carbons (Fsp3) is 0.429. The van der Waals surface area contributed by atoms with Crippen LogP contribution < -0.4 is 5.32 Å². The van der Waals surface area contributed by atoms with Crippen LogP contribution in [0.3, 0.4) is 0 Å². The number of hydrogen-bond acceptors (Lipinski definition) is 3. The summed E-state index contributed by atoms with van der Waals surface area (Å²) in [6.45, 7) is 6.36. The Hall–Kier alpha value is -2.16. The molecule has 0 saturated heterocycles. The SMILES string of the molecule is CCN(CC)C(=O)C(C)Nc1ccc(C#N)c(F)c1F. The zero-order chi connectivity index (χ0) is 15.3. The Bertz CT molecular complexity index is 536. The standard InChI is InChI=1S/C14H17F2N3O/c1-4-19(5-2)14(20)9(3)18-11-7-6-10(8-17)12(15)13(11)16/h6-7,9,18H,4-5H2,1-3H3. The number of hydrogen-bond donors (Lipinski definition) is 1. The number of likely N-dealkylation sites (N-methyl/N-ethyl adjacent to an activating group) is 1. The normalized spacial score (nSPS) is 11.6. The van der Waals surface area contributed by atoms with Crippen molar-refractivity contribution < 1.29 is 13.6 Å². The topological polar surface area (TPSA) is 56.1 Å². The van der Waals surface area contributed by atoms with Gasteiger partial charge in [-0.05, 0) is 32.9 Å². The molecule has 0 aliphatic rings. The number of nitrogens with one attached hydrogen (secondary N) is 1. The maximum Gasteiger partial charge on any atom is 0.244 e. The molecule has 0 aromatic heterocycles. The number of nitrogens with zero attached hydrogens (tertiary/aromatic N) is 2. The molecule has 4 nitrogen and oxygen atoms in total. The van der Waals surface area contributed by atoms with E-state index in [0.29, 0.717) is 13.1 Å². The van der Waals surface area contributed by atoms with Gasteiger partial charge in [-0.3, -0.25) is 4.79 Å². The Morgan fingerprint density at radius 3 is 2.45 bits per heavy atom. The van der Waals surface area contributed by atoms with Gasteiger partial charge in [0.2, 0.25) is 5.91 Å². The molecule has 1 rings (SSSR count). The van der Waals surface area contributed by atoms with Crippen molar-refractivity contribution in [3.63, 3.8) is 0 Å². The third kappa shape index (κ3) is 3.23. The number of nitriles is 1. The molecule has 20 heavy (non-hydrogen) atoms. The van der Waals surface area contributed by atoms with Crippen LogP contribution in [0.25, 0.3) is 0 Å². The van der Waals surface area contributed by atoms with E-state index in [2.05, 4.69) is 5.32 Å². The quantitative estimate of drug-likeness (QED) is 0.902. The lowest BCUT2D eigenvalue weighted by Crippen LogP contribution is -2.41. The zero-order valence-electron chi connectivity index (χ0n) is 11.7. The van der Waals surface area contributed by atoms with E-state index < -0.39 is 17.7 Å². The van der Waals surface area contributed by atoms with Crippen LogP contribution in [0.1, 0.15) is 26.3 Å². The molecular formula is C14H17F2N3O. The van der Waals surface area contributed by atoms with Gasteiger partial charge in [0.05, 0.1) is 11.3 Å². The summed E-state index contributed by atoms with van der Waals surface area (Å²) in [4.78, 5) is 13.6. The van der Waals surface area contributed by atoms with Crippen LogP contribution >= 0.6 is 0 Å². The first kappa shape index (κ1) is 15.9. The lowest BCUT2D eigenvalue weighted by molar-refractivity contribution is -0.131. The number of anilines is 1. The molecular weight excluding hydrogens is 264 g/mol. The Morgan fingerprint density at radius 1 is 1.35 bits per heavy atom. The van der Waals surface area contributed by atoms with E-state index in [1.807, 2.05) is 13.8 Å². The van der Waals surface area contributed by atoms with E-state index in [0.717, 1.165) is 0 Å². The Labute approximate surface area is 117 Å². The van der Waals surface area contributed by atoms with Gasteiger partial charge < -0.3 is 10.2 Å². The van der Waals surface area contributed by atoms with E-state index in [4.69, 9.17) is 5.26 Å². The molecule has 0 radical (unpaired) electrons. The number of rotatable bonds is 5. The van der Waals surface area contributed by atoms with Crippen molar-refractivity contribution in [3.05, 3.63) is 29.3 Å². The summed E-state index contributed by atoms with van der Waals surface area (Å²) in [5, 5.41) is 11.2. The Morgan fingerprint density at radius 2 is 1.95 bits per heavy atom. The summed E-state index contributed by atoms with van der Waals surface area (Å²) >= 11 is 0. The van der Waals surface area contributed by atoms with Gasteiger partial charge in [-0.1, -0.05) is 0 Å². The summed E-state index contributed by atoms with van der Waals surface area (Å²) < 4.78 is 27.2. The first-order valence-corrected chi connectivity index (χ1v) is 6.39. The van der Waals surface area contributed by atoms with Crippen molar-refractivity contribution in [2.24, 2.45) is 0 Å². The summed E-state index contributed by atoms with van der Waals surface area (Å²) in [5.74, 6) is -2.55. The predicted octanol–water partition coefficient (Wildman–Crippen LogP) is 2.51. The van der Waals surface area contributed by atoms with Crippen molar-refractivity contribution in [3.8, 4) is 6.07 Å². The second kappa shape index (κ2) is 6.85. The maximum absolute atomic E-state index is 13.7. The Kier molecular flexibility index (Phi) is 5.44. The average molecular weight is 281 g/mol. The highest BCUT2D eigenvalue weighted by molar-refractivity contribution is 5.84. The minimum Gasteiger partial charge on any atom is -0.371 e. The second-order valence-electron chi connectivity index (χ2n) is 4.28. The van der Waals surface area contributed by atoms with Gasteiger partial charge in [0, 0.05) is 13.1 Å². The number of carbonyl (C=O) groups is 1. The third-order valence-corrected chi connectivity index (χ3v) is 3.02. The highest BCUT2D eigenvalue weighted by atomic mass is 19.2. The Balaban J connectivity index is 2.92. The van der Waals surface area contributed by atoms with Gasteiger partial charge >= 0.3 is 0 Å². The minimum absolute atomic E-state index is 0.130. The van der Waals surface area contributed by atoms with Crippen molar-refractivity contribution in [1.29, 1.82) is 5.26 Å². The van der Waals surface area contributed by atoms with E-state index >= 15 is 0 Å². The van der Waals surface area contributed by atoms with Crippen LogP contribution in [0.15, 0.2) is 12.1 Å². The van der Waals surface area contributed by atoms with Crippen LogP contribution in [-0.4, -0.2) is 29.9 Å². The molecule has 1 atom stereocenters. The van der Waals surface area contributed by atoms with Gasteiger partial charge in [-0.15, -0.1) is 0 Å². The number of halogens is 2. The van der Waals surface area contributed by atoms with Gasteiger partial charge in [-0.25, -0.2) is 8.78 Å². The molecule has 1 N–H and O–H groups in total. The predicted molar refractivity (Wildman–Crippen MR) is 72.1 cm³/mol. The van der Waals surface area contributed by atoms with Crippen molar-refractivity contribution in [1.82, 2.24) is 4.90 Å². The van der Waals surface area contributed by atoms with Crippen LogP contribution in [-0.2, 0) is 4.79 Å². The third-order valence-electron chi connectivity index (χ3n) is 3.02. The number of benzene rings is 1. The molecule has 1 aromatic rings. The van der Waals surface area contributed by atoms with E-state index in [-0.39, 0.29) is 17.2 Å². The zero-order valence-corrected chi connectivity index (χ0v) is 11.7. The molecule has 1 amide bonds. The smallest absolute Gasteiger partial charge is 0.244 e. The van der Waals surface area contributed by atoms with Gasteiger partial charge in [-0.2, -0.15) is 5.26 Å². The molecule has 6 heteroatoms. The summed E-state index contributed by atoms with van der Waals surface area (Å²) in [6, 6.07) is 3.30. The van der Waals surface area contributed by atoms with Gasteiger partial charge in [0.1, 0.15) is 12.1 Å². The van der Waals surface area contributed by atoms with E-state index in [9.17, 15) is 13.6 Å². The van der Waals surface area contributed by atoms with Crippen molar-refractivity contribution >= 4 is 11.6 Å². The molecule has 1 aromatic carbocycles. The van der Waals surface area contributed by atoms with Crippen LogP contribution in [0.2, 0.25) is 0 Å². The largest absolute Gasteiger partial charge is 0.371 e. The van der Waals surface area contributed by atoms with Crippen LogP contribution in [0, 0.1) is 23.0 Å². The summed E-state index contributed by atoms with van der Waals surface area (Å²) in [7, 11) is 0. The summed E-state index contributed by atoms with van der Waals surface area (Å²) in [5.41, 5.74) is -0.495. The lowest BCUT2D eigenvalue weighted by atomic mass is 10.1. The van der Waals surface area contributed by atoms with Crippen LogP contribution in [0.4, 0.5) is 14.5 Å². The molecule has 0 aliphatic carbocycles. The fourth-order valence-electron chi connectivity index (χ4n) is 1.85. The first-order chi connectivity index (χ1) is 9.46. The highest BCUT2D eigenvalue weighted by Crippen LogP contribution is 2.21. The molecule has 0 heterocycles. The number of amides is 1. The highest BCUT2D eigenvalue weighted by Gasteiger charge is 2.20. The van der Waals surface area contributed by atoms with Crippen molar-refractivity contribution in [2.45, 2.75) is 26.8 Å². The van der Waals surface area contributed by atoms with E-state index in [1.165, 1.54) is 12.1 Å². The van der Waals surface area contributed by atoms with Crippen LogP contribution in [0.5, 0.6) is 0 Å².